The molecule has 1 aromatic carbocycles. The second kappa shape index (κ2) is 4.98. The van der Waals surface area contributed by atoms with Crippen LogP contribution in [0.3, 0.4) is 0 Å². The van der Waals surface area contributed by atoms with Crippen LogP contribution in [0.5, 0.6) is 0 Å². The standard InChI is InChI=1S/C17H18N2S/c1-17(2,3)15-16(20-13-9-5-4-6-10-13)19-12-8-7-11-14(19)18-15/h4-12H,1-3H3. The summed E-state index contributed by atoms with van der Waals surface area (Å²) in [5.41, 5.74) is 2.19. The number of fused-ring (bicyclic) bond motifs is 1. The first-order chi connectivity index (χ1) is 9.55. The second-order valence-corrected chi connectivity index (χ2v) is 6.92. The largest absolute Gasteiger partial charge is 0.294 e. The Bertz CT molecular complexity index is 724. The first kappa shape index (κ1) is 13.3. The van der Waals surface area contributed by atoms with Crippen molar-refractivity contribution in [3.8, 4) is 0 Å². The number of aromatic nitrogens is 2. The SMILES string of the molecule is CC(C)(C)c1nc2ccccn2c1Sc1ccccc1. The summed E-state index contributed by atoms with van der Waals surface area (Å²) in [6, 6.07) is 16.6. The molecule has 3 heteroatoms. The van der Waals surface area contributed by atoms with Gasteiger partial charge in [-0.3, -0.25) is 4.40 Å². The van der Waals surface area contributed by atoms with Crippen molar-refractivity contribution >= 4 is 17.4 Å². The van der Waals surface area contributed by atoms with Crippen LogP contribution >= 0.6 is 11.8 Å². The van der Waals surface area contributed by atoms with Gasteiger partial charge in [0.2, 0.25) is 0 Å². The van der Waals surface area contributed by atoms with E-state index in [0.717, 1.165) is 11.3 Å². The summed E-state index contributed by atoms with van der Waals surface area (Å²) in [5.74, 6) is 0. The van der Waals surface area contributed by atoms with E-state index in [9.17, 15) is 0 Å². The van der Waals surface area contributed by atoms with Crippen molar-refractivity contribution in [1.29, 1.82) is 0 Å². The van der Waals surface area contributed by atoms with Gasteiger partial charge < -0.3 is 0 Å². The van der Waals surface area contributed by atoms with Crippen LogP contribution in [0.1, 0.15) is 26.5 Å². The average Bonchev–Trinajstić information content (AvgIpc) is 2.79. The molecule has 0 aliphatic heterocycles. The van der Waals surface area contributed by atoms with Gasteiger partial charge in [0.05, 0.1) is 5.69 Å². The molecular weight excluding hydrogens is 264 g/mol. The lowest BCUT2D eigenvalue weighted by molar-refractivity contribution is 0.558. The smallest absolute Gasteiger partial charge is 0.137 e. The van der Waals surface area contributed by atoms with Crippen molar-refractivity contribution in [3.63, 3.8) is 0 Å². The molecule has 0 saturated heterocycles. The molecule has 0 N–H and O–H groups in total. The van der Waals surface area contributed by atoms with Crippen LogP contribution in [-0.4, -0.2) is 9.38 Å². The highest BCUT2D eigenvalue weighted by molar-refractivity contribution is 7.99. The summed E-state index contributed by atoms with van der Waals surface area (Å²) in [4.78, 5) is 6.06. The number of hydrogen-bond donors (Lipinski definition) is 0. The zero-order valence-electron chi connectivity index (χ0n) is 12.0. The molecule has 0 spiro atoms. The Morgan fingerprint density at radius 1 is 0.950 bits per heavy atom. The van der Waals surface area contributed by atoms with Crippen molar-refractivity contribution in [2.45, 2.75) is 36.1 Å². The van der Waals surface area contributed by atoms with Crippen LogP contribution in [0.4, 0.5) is 0 Å². The summed E-state index contributed by atoms with van der Waals surface area (Å²) in [7, 11) is 0. The maximum atomic E-state index is 4.82. The molecule has 0 fully saturated rings. The average molecular weight is 282 g/mol. The van der Waals surface area contributed by atoms with E-state index in [4.69, 9.17) is 4.98 Å². The van der Waals surface area contributed by atoms with Crippen LogP contribution in [0.2, 0.25) is 0 Å². The number of hydrogen-bond acceptors (Lipinski definition) is 2. The zero-order chi connectivity index (χ0) is 14.2. The van der Waals surface area contributed by atoms with Crippen molar-refractivity contribution in [1.82, 2.24) is 9.38 Å². The molecule has 102 valence electrons. The highest BCUT2D eigenvalue weighted by Crippen LogP contribution is 2.36. The summed E-state index contributed by atoms with van der Waals surface area (Å²) >= 11 is 1.78. The number of benzene rings is 1. The Balaban J connectivity index is 2.16. The van der Waals surface area contributed by atoms with Gasteiger partial charge in [-0.05, 0) is 24.3 Å². The molecule has 0 bridgehead atoms. The molecular formula is C17H18N2S. The lowest BCUT2D eigenvalue weighted by atomic mass is 9.93. The fourth-order valence-electron chi connectivity index (χ4n) is 2.16. The van der Waals surface area contributed by atoms with Crippen molar-refractivity contribution < 1.29 is 0 Å². The van der Waals surface area contributed by atoms with Gasteiger partial charge in [-0.25, -0.2) is 4.98 Å². The fraction of sp³-hybridized carbons (Fsp3) is 0.235. The molecule has 3 aromatic rings. The van der Waals surface area contributed by atoms with Crippen molar-refractivity contribution in [2.75, 3.05) is 0 Å². The van der Waals surface area contributed by atoms with Gasteiger partial charge in [-0.2, -0.15) is 0 Å². The topological polar surface area (TPSA) is 17.3 Å². The van der Waals surface area contributed by atoms with E-state index < -0.39 is 0 Å². The predicted octanol–water partition coefficient (Wildman–Crippen LogP) is 4.78. The molecule has 0 atom stereocenters. The number of imidazole rings is 1. The Labute approximate surface area is 123 Å². The monoisotopic (exact) mass is 282 g/mol. The normalized spacial score (nSPS) is 11.9. The number of rotatable bonds is 2. The number of nitrogens with zero attached hydrogens (tertiary/aromatic N) is 2. The Kier molecular flexibility index (Phi) is 3.30. The first-order valence-electron chi connectivity index (χ1n) is 6.76. The molecule has 0 amide bonds. The minimum absolute atomic E-state index is 0.0309. The Morgan fingerprint density at radius 2 is 1.65 bits per heavy atom. The summed E-state index contributed by atoms with van der Waals surface area (Å²) in [6.07, 6.45) is 2.09. The minimum atomic E-state index is 0.0309. The molecule has 2 aromatic heterocycles. The van der Waals surface area contributed by atoms with Crippen molar-refractivity contribution in [3.05, 3.63) is 60.4 Å². The van der Waals surface area contributed by atoms with Gasteiger partial charge in [0.25, 0.3) is 0 Å². The third kappa shape index (κ3) is 2.46. The second-order valence-electron chi connectivity index (χ2n) is 5.86. The van der Waals surface area contributed by atoms with E-state index in [2.05, 4.69) is 67.8 Å². The quantitative estimate of drug-likeness (QED) is 0.672. The van der Waals surface area contributed by atoms with Gasteiger partial charge in [0.1, 0.15) is 10.7 Å². The van der Waals surface area contributed by atoms with Crippen LogP contribution in [0.25, 0.3) is 5.65 Å². The maximum absolute atomic E-state index is 4.82. The molecule has 2 nitrogen and oxygen atoms in total. The summed E-state index contributed by atoms with van der Waals surface area (Å²) < 4.78 is 2.18. The highest BCUT2D eigenvalue weighted by Gasteiger charge is 2.24. The van der Waals surface area contributed by atoms with Gasteiger partial charge in [0, 0.05) is 16.5 Å². The van der Waals surface area contributed by atoms with E-state index in [0.29, 0.717) is 0 Å². The van der Waals surface area contributed by atoms with E-state index in [-0.39, 0.29) is 5.41 Å². The number of pyridine rings is 1. The summed E-state index contributed by atoms with van der Waals surface area (Å²) in [5, 5.41) is 1.21. The molecule has 0 radical (unpaired) electrons. The molecule has 2 heterocycles. The zero-order valence-corrected chi connectivity index (χ0v) is 12.8. The molecule has 0 aliphatic carbocycles. The molecule has 0 aliphatic rings. The minimum Gasteiger partial charge on any atom is -0.294 e. The van der Waals surface area contributed by atoms with Gasteiger partial charge in [-0.1, -0.05) is 56.8 Å². The van der Waals surface area contributed by atoms with E-state index in [1.807, 2.05) is 12.1 Å². The van der Waals surface area contributed by atoms with Gasteiger partial charge >= 0.3 is 0 Å². The van der Waals surface area contributed by atoms with Crippen molar-refractivity contribution in [2.24, 2.45) is 0 Å². The maximum Gasteiger partial charge on any atom is 0.137 e. The molecule has 20 heavy (non-hydrogen) atoms. The Hall–Kier alpha value is -1.74. The van der Waals surface area contributed by atoms with E-state index >= 15 is 0 Å². The lowest BCUT2D eigenvalue weighted by Crippen LogP contribution is -2.13. The molecule has 0 unspecified atom stereocenters. The lowest BCUT2D eigenvalue weighted by Gasteiger charge is -2.17. The molecule has 0 saturated carbocycles. The van der Waals surface area contributed by atoms with Gasteiger partial charge in [0.15, 0.2) is 0 Å². The molecule has 3 rings (SSSR count). The predicted molar refractivity (Wildman–Crippen MR) is 84.5 cm³/mol. The summed E-state index contributed by atoms with van der Waals surface area (Å²) in [6.45, 7) is 6.64. The first-order valence-corrected chi connectivity index (χ1v) is 7.58. The third-order valence-corrected chi connectivity index (χ3v) is 4.25. The van der Waals surface area contributed by atoms with Crippen LogP contribution < -0.4 is 0 Å². The fourth-order valence-corrected chi connectivity index (χ4v) is 3.38. The van der Waals surface area contributed by atoms with E-state index in [1.54, 1.807) is 11.8 Å². The van der Waals surface area contributed by atoms with E-state index in [1.165, 1.54) is 9.92 Å². The Morgan fingerprint density at radius 3 is 2.35 bits per heavy atom. The van der Waals surface area contributed by atoms with Crippen LogP contribution in [-0.2, 0) is 5.41 Å². The van der Waals surface area contributed by atoms with Crippen LogP contribution in [0, 0.1) is 0 Å². The highest BCUT2D eigenvalue weighted by atomic mass is 32.2. The van der Waals surface area contributed by atoms with Crippen LogP contribution in [0.15, 0.2) is 64.6 Å². The third-order valence-electron chi connectivity index (χ3n) is 3.15. The van der Waals surface area contributed by atoms with Gasteiger partial charge in [-0.15, -0.1) is 0 Å².